The lowest BCUT2D eigenvalue weighted by Crippen LogP contribution is -2.60. The van der Waals surface area contributed by atoms with Gasteiger partial charge in [0.25, 0.3) is 0 Å². The van der Waals surface area contributed by atoms with Crippen molar-refractivity contribution in [2.75, 3.05) is 31.1 Å². The molecular formula is C14H21N5OS. The van der Waals surface area contributed by atoms with Crippen molar-refractivity contribution in [3.63, 3.8) is 0 Å². The topological polar surface area (TPSA) is 61.4 Å². The lowest BCUT2D eigenvalue weighted by atomic mass is 9.89. The van der Waals surface area contributed by atoms with Gasteiger partial charge in [-0.15, -0.1) is 0 Å². The lowest BCUT2D eigenvalue weighted by Gasteiger charge is -2.43. The molecule has 2 aliphatic heterocycles. The number of hydrogen-bond donors (Lipinski definition) is 1. The van der Waals surface area contributed by atoms with Gasteiger partial charge in [0.15, 0.2) is 0 Å². The van der Waals surface area contributed by atoms with Crippen LogP contribution in [0.3, 0.4) is 0 Å². The molecule has 0 bridgehead atoms. The van der Waals surface area contributed by atoms with Crippen LogP contribution in [0, 0.1) is 0 Å². The third-order valence-corrected chi connectivity index (χ3v) is 5.66. The molecule has 1 aromatic heterocycles. The highest BCUT2D eigenvalue weighted by molar-refractivity contribution is 7.09. The predicted octanol–water partition coefficient (Wildman–Crippen LogP) is 1.80. The molecule has 1 aromatic rings. The molecule has 21 heavy (non-hydrogen) atoms. The zero-order chi connectivity index (χ0) is 14.2. The average molecular weight is 307 g/mol. The van der Waals surface area contributed by atoms with Crippen LogP contribution >= 0.6 is 11.5 Å². The van der Waals surface area contributed by atoms with Crippen molar-refractivity contribution < 1.29 is 4.79 Å². The largest absolute Gasteiger partial charge is 0.343 e. The molecule has 4 rings (SSSR count). The standard InChI is InChI=1S/C14H21N5OS/c20-13-15-6-7-19(13)11-8-18(9-11)14-16-12(17-21-14)10-4-2-1-3-5-10/h10-11H,1-9H2,(H,15,20). The van der Waals surface area contributed by atoms with Gasteiger partial charge in [-0.3, -0.25) is 0 Å². The Morgan fingerprint density at radius 1 is 1.19 bits per heavy atom. The van der Waals surface area contributed by atoms with E-state index in [1.54, 1.807) is 0 Å². The van der Waals surface area contributed by atoms with Crippen molar-refractivity contribution in [3.05, 3.63) is 5.82 Å². The van der Waals surface area contributed by atoms with E-state index >= 15 is 0 Å². The zero-order valence-electron chi connectivity index (χ0n) is 12.1. The smallest absolute Gasteiger partial charge is 0.317 e. The first-order valence-electron chi connectivity index (χ1n) is 7.94. The van der Waals surface area contributed by atoms with Crippen LogP contribution in [0.2, 0.25) is 0 Å². The third kappa shape index (κ3) is 2.47. The van der Waals surface area contributed by atoms with Crippen molar-refractivity contribution in [2.45, 2.75) is 44.1 Å². The normalized spacial score (nSPS) is 24.3. The summed E-state index contributed by atoms with van der Waals surface area (Å²) in [5.74, 6) is 1.63. The Morgan fingerprint density at radius 3 is 2.71 bits per heavy atom. The number of nitrogens with one attached hydrogen (secondary N) is 1. The minimum Gasteiger partial charge on any atom is -0.343 e. The SMILES string of the molecule is O=C1NCCN1C1CN(c2nc(C3CCCCC3)ns2)C1. The number of carbonyl (C=O) groups excluding carboxylic acids is 1. The summed E-state index contributed by atoms with van der Waals surface area (Å²) in [6.07, 6.45) is 6.48. The maximum absolute atomic E-state index is 11.6. The Labute approximate surface area is 128 Å². The van der Waals surface area contributed by atoms with Gasteiger partial charge in [0.2, 0.25) is 5.13 Å². The van der Waals surface area contributed by atoms with Crippen LogP contribution in [-0.2, 0) is 0 Å². The van der Waals surface area contributed by atoms with Crippen molar-refractivity contribution in [3.8, 4) is 0 Å². The number of urea groups is 1. The summed E-state index contributed by atoms with van der Waals surface area (Å²) >= 11 is 1.52. The van der Waals surface area contributed by atoms with E-state index in [1.165, 1.54) is 43.6 Å². The van der Waals surface area contributed by atoms with Crippen LogP contribution in [0.5, 0.6) is 0 Å². The molecule has 7 heteroatoms. The monoisotopic (exact) mass is 307 g/mol. The van der Waals surface area contributed by atoms with E-state index < -0.39 is 0 Å². The van der Waals surface area contributed by atoms with Crippen LogP contribution in [0.15, 0.2) is 0 Å². The van der Waals surface area contributed by atoms with Crippen molar-refractivity contribution in [1.82, 2.24) is 19.6 Å². The molecule has 0 spiro atoms. The first-order chi connectivity index (χ1) is 10.3. The molecule has 0 aromatic carbocycles. The Balaban J connectivity index is 1.36. The molecule has 3 aliphatic rings. The molecule has 3 fully saturated rings. The number of rotatable bonds is 3. The molecule has 0 unspecified atom stereocenters. The summed E-state index contributed by atoms with van der Waals surface area (Å²) in [5, 5.41) is 3.90. The fourth-order valence-electron chi connectivity index (χ4n) is 3.52. The number of carbonyl (C=O) groups is 1. The van der Waals surface area contributed by atoms with Crippen molar-refractivity contribution in [1.29, 1.82) is 0 Å². The molecule has 1 N–H and O–H groups in total. The van der Waals surface area contributed by atoms with Gasteiger partial charge in [-0.25, -0.2) is 9.78 Å². The minimum atomic E-state index is 0.0832. The van der Waals surface area contributed by atoms with Crippen molar-refractivity contribution >= 4 is 22.7 Å². The van der Waals surface area contributed by atoms with Gasteiger partial charge in [0.1, 0.15) is 5.82 Å². The lowest BCUT2D eigenvalue weighted by molar-refractivity contribution is 0.185. The van der Waals surface area contributed by atoms with Crippen LogP contribution in [0.1, 0.15) is 43.8 Å². The number of anilines is 1. The van der Waals surface area contributed by atoms with Gasteiger partial charge in [-0.2, -0.15) is 4.37 Å². The second-order valence-electron chi connectivity index (χ2n) is 6.25. The van der Waals surface area contributed by atoms with Crippen LogP contribution in [0.25, 0.3) is 0 Å². The van der Waals surface area contributed by atoms with Gasteiger partial charge >= 0.3 is 6.03 Å². The number of hydrogen-bond acceptors (Lipinski definition) is 5. The summed E-state index contributed by atoms with van der Waals surface area (Å²) in [4.78, 5) is 20.6. The molecule has 1 saturated carbocycles. The summed E-state index contributed by atoms with van der Waals surface area (Å²) in [5.41, 5.74) is 0. The number of amides is 2. The maximum Gasteiger partial charge on any atom is 0.317 e. The Bertz CT molecular complexity index is 521. The predicted molar refractivity (Wildman–Crippen MR) is 81.8 cm³/mol. The van der Waals surface area contributed by atoms with E-state index in [2.05, 4.69) is 14.6 Å². The van der Waals surface area contributed by atoms with E-state index in [0.717, 1.165) is 37.1 Å². The molecule has 0 radical (unpaired) electrons. The molecule has 6 nitrogen and oxygen atoms in total. The van der Waals surface area contributed by atoms with E-state index in [9.17, 15) is 4.79 Å². The highest BCUT2D eigenvalue weighted by Crippen LogP contribution is 2.34. The Kier molecular flexibility index (Phi) is 3.45. The summed E-state index contributed by atoms with van der Waals surface area (Å²) in [6, 6.07) is 0.425. The fraction of sp³-hybridized carbons (Fsp3) is 0.786. The Hall–Kier alpha value is -1.37. The van der Waals surface area contributed by atoms with Crippen LogP contribution < -0.4 is 10.2 Å². The summed E-state index contributed by atoms with van der Waals surface area (Å²) in [6.45, 7) is 3.40. The molecular weight excluding hydrogens is 286 g/mol. The van der Waals surface area contributed by atoms with E-state index in [-0.39, 0.29) is 6.03 Å². The summed E-state index contributed by atoms with van der Waals surface area (Å²) < 4.78 is 4.58. The molecule has 2 saturated heterocycles. The van der Waals surface area contributed by atoms with E-state index in [1.807, 2.05) is 4.90 Å². The van der Waals surface area contributed by atoms with Crippen LogP contribution in [0.4, 0.5) is 9.93 Å². The van der Waals surface area contributed by atoms with Gasteiger partial charge < -0.3 is 15.1 Å². The zero-order valence-corrected chi connectivity index (χ0v) is 12.9. The van der Waals surface area contributed by atoms with Gasteiger partial charge in [-0.05, 0) is 12.8 Å². The third-order valence-electron chi connectivity index (χ3n) is 4.86. The number of nitrogens with zero attached hydrogens (tertiary/aromatic N) is 4. The maximum atomic E-state index is 11.6. The molecule has 114 valence electrons. The van der Waals surface area contributed by atoms with Gasteiger partial charge in [-0.1, -0.05) is 19.3 Å². The molecule has 3 heterocycles. The first kappa shape index (κ1) is 13.3. The second-order valence-corrected chi connectivity index (χ2v) is 6.98. The molecule has 2 amide bonds. The molecule has 1 aliphatic carbocycles. The number of aromatic nitrogens is 2. The second kappa shape index (κ2) is 5.44. The van der Waals surface area contributed by atoms with Gasteiger partial charge in [0.05, 0.1) is 6.04 Å². The van der Waals surface area contributed by atoms with Crippen LogP contribution in [-0.4, -0.2) is 52.5 Å². The molecule has 0 atom stereocenters. The summed E-state index contributed by atoms with van der Waals surface area (Å²) in [7, 11) is 0. The highest BCUT2D eigenvalue weighted by Gasteiger charge is 2.38. The van der Waals surface area contributed by atoms with E-state index in [0.29, 0.717) is 12.0 Å². The Morgan fingerprint density at radius 2 is 2.00 bits per heavy atom. The van der Waals surface area contributed by atoms with E-state index in [4.69, 9.17) is 4.98 Å². The first-order valence-corrected chi connectivity index (χ1v) is 8.71. The fourth-order valence-corrected chi connectivity index (χ4v) is 4.29. The quantitative estimate of drug-likeness (QED) is 0.925. The highest BCUT2D eigenvalue weighted by atomic mass is 32.1. The van der Waals surface area contributed by atoms with Gasteiger partial charge in [0, 0.05) is 43.6 Å². The van der Waals surface area contributed by atoms with Crippen molar-refractivity contribution in [2.24, 2.45) is 0 Å². The minimum absolute atomic E-state index is 0.0832. The average Bonchev–Trinajstić information content (AvgIpc) is 3.09.